The third-order valence-corrected chi connectivity index (χ3v) is 3.92. The van der Waals surface area contributed by atoms with Crippen LogP contribution in [0.1, 0.15) is 46.0 Å². The highest BCUT2D eigenvalue weighted by molar-refractivity contribution is 5.74. The second-order valence-corrected chi connectivity index (χ2v) is 6.62. The van der Waals surface area contributed by atoms with Crippen molar-refractivity contribution >= 4 is 6.03 Å². The summed E-state index contributed by atoms with van der Waals surface area (Å²) in [5.41, 5.74) is 2.10. The fourth-order valence-corrected chi connectivity index (χ4v) is 1.73. The van der Waals surface area contributed by atoms with Crippen LogP contribution in [0.3, 0.4) is 0 Å². The quantitative estimate of drug-likeness (QED) is 0.749. The molecular weight excluding hydrogens is 252 g/mol. The molecule has 0 aromatic carbocycles. The number of nitrogens with one attached hydrogen (secondary N) is 3. The largest absolute Gasteiger partial charge is 0.338 e. The number of urea groups is 1. The molecule has 20 heavy (non-hydrogen) atoms. The summed E-state index contributed by atoms with van der Waals surface area (Å²) in [6.07, 6.45) is 0.728. The van der Waals surface area contributed by atoms with Crippen LogP contribution in [-0.2, 0) is 6.42 Å². The maximum atomic E-state index is 11.9. The molecule has 5 nitrogen and oxygen atoms in total. The minimum absolute atomic E-state index is 0.0554. The SMILES string of the molecule is Cc1cc(C[C@@H](C)NC(=O)NCC(C)(C)C(C)C)n[nH]1. The molecule has 0 unspecified atom stereocenters. The molecule has 0 aliphatic heterocycles. The first-order valence-corrected chi connectivity index (χ1v) is 7.26. The number of aromatic nitrogens is 2. The van der Waals surface area contributed by atoms with E-state index in [0.29, 0.717) is 12.5 Å². The number of nitrogens with zero attached hydrogens (tertiary/aromatic N) is 1. The molecule has 0 spiro atoms. The van der Waals surface area contributed by atoms with Gasteiger partial charge in [-0.05, 0) is 31.2 Å². The highest BCUT2D eigenvalue weighted by Gasteiger charge is 2.23. The third kappa shape index (κ3) is 5.23. The summed E-state index contributed by atoms with van der Waals surface area (Å²) in [5, 5.41) is 13.0. The summed E-state index contributed by atoms with van der Waals surface area (Å²) in [6, 6.07) is 1.94. The molecule has 2 amide bonds. The molecule has 1 rings (SSSR count). The van der Waals surface area contributed by atoms with Gasteiger partial charge in [0.1, 0.15) is 0 Å². The van der Waals surface area contributed by atoms with Crippen LogP contribution in [0.4, 0.5) is 4.79 Å². The summed E-state index contributed by atoms with van der Waals surface area (Å²) in [5.74, 6) is 0.521. The highest BCUT2D eigenvalue weighted by atomic mass is 16.2. The van der Waals surface area contributed by atoms with E-state index in [1.807, 2.05) is 19.9 Å². The van der Waals surface area contributed by atoms with Crippen molar-refractivity contribution in [2.45, 2.75) is 54.0 Å². The van der Waals surface area contributed by atoms with Gasteiger partial charge in [-0.15, -0.1) is 0 Å². The van der Waals surface area contributed by atoms with Crippen LogP contribution in [0.5, 0.6) is 0 Å². The maximum absolute atomic E-state index is 11.9. The summed E-state index contributed by atoms with van der Waals surface area (Å²) in [4.78, 5) is 11.9. The normalized spacial score (nSPS) is 13.3. The number of carbonyl (C=O) groups excluding carboxylic acids is 1. The molecule has 0 saturated carbocycles. The standard InChI is InChI=1S/C15H28N4O/c1-10(2)15(5,6)9-16-14(20)17-11(3)7-13-8-12(4)18-19-13/h8,10-11H,7,9H2,1-6H3,(H,18,19)(H2,16,17,20)/t11-/m1/s1. The van der Waals surface area contributed by atoms with Crippen LogP contribution in [0, 0.1) is 18.3 Å². The second kappa shape index (κ2) is 6.77. The number of H-pyrrole nitrogens is 1. The predicted octanol–water partition coefficient (Wildman–Crippen LogP) is 2.63. The third-order valence-electron chi connectivity index (χ3n) is 3.92. The van der Waals surface area contributed by atoms with Gasteiger partial charge < -0.3 is 10.6 Å². The van der Waals surface area contributed by atoms with Gasteiger partial charge in [-0.3, -0.25) is 5.10 Å². The van der Waals surface area contributed by atoms with E-state index < -0.39 is 0 Å². The second-order valence-electron chi connectivity index (χ2n) is 6.62. The van der Waals surface area contributed by atoms with Gasteiger partial charge in [0.05, 0.1) is 5.69 Å². The molecule has 0 fully saturated rings. The van der Waals surface area contributed by atoms with Gasteiger partial charge in [0, 0.05) is 24.7 Å². The summed E-state index contributed by atoms with van der Waals surface area (Å²) < 4.78 is 0. The molecule has 0 bridgehead atoms. The van der Waals surface area contributed by atoms with E-state index in [4.69, 9.17) is 0 Å². The number of rotatable bonds is 6. The van der Waals surface area contributed by atoms with Crippen LogP contribution in [-0.4, -0.2) is 28.8 Å². The van der Waals surface area contributed by atoms with Gasteiger partial charge in [0.25, 0.3) is 0 Å². The first-order valence-electron chi connectivity index (χ1n) is 7.26. The molecule has 114 valence electrons. The Morgan fingerprint density at radius 3 is 2.55 bits per heavy atom. The van der Waals surface area contributed by atoms with Crippen molar-refractivity contribution in [1.82, 2.24) is 20.8 Å². The zero-order chi connectivity index (χ0) is 15.3. The Kier molecular flexibility index (Phi) is 5.60. The Morgan fingerprint density at radius 1 is 1.40 bits per heavy atom. The van der Waals surface area contributed by atoms with Crippen LogP contribution in [0.15, 0.2) is 6.07 Å². The number of hydrogen-bond acceptors (Lipinski definition) is 2. The van der Waals surface area contributed by atoms with Gasteiger partial charge in [-0.25, -0.2) is 4.79 Å². The minimum atomic E-state index is -0.113. The number of amides is 2. The molecule has 1 aromatic heterocycles. The molecule has 3 N–H and O–H groups in total. The van der Waals surface area contributed by atoms with E-state index in [1.54, 1.807) is 0 Å². The van der Waals surface area contributed by atoms with Gasteiger partial charge in [0.15, 0.2) is 0 Å². The molecule has 0 radical (unpaired) electrons. The molecule has 1 heterocycles. The predicted molar refractivity (Wildman–Crippen MR) is 81.6 cm³/mol. The Morgan fingerprint density at radius 2 is 2.05 bits per heavy atom. The van der Waals surface area contributed by atoms with E-state index in [2.05, 4.69) is 48.5 Å². The molecule has 1 aromatic rings. The van der Waals surface area contributed by atoms with E-state index in [9.17, 15) is 4.79 Å². The smallest absolute Gasteiger partial charge is 0.315 e. The molecular formula is C15H28N4O. The molecule has 1 atom stereocenters. The molecule has 0 aliphatic rings. The topological polar surface area (TPSA) is 69.8 Å². The average molecular weight is 280 g/mol. The van der Waals surface area contributed by atoms with Gasteiger partial charge in [0.2, 0.25) is 0 Å². The lowest BCUT2D eigenvalue weighted by atomic mass is 9.81. The monoisotopic (exact) mass is 280 g/mol. The molecule has 0 aliphatic carbocycles. The van der Waals surface area contributed by atoms with Crippen molar-refractivity contribution in [3.05, 3.63) is 17.5 Å². The van der Waals surface area contributed by atoms with E-state index in [-0.39, 0.29) is 17.5 Å². The Hall–Kier alpha value is -1.52. The van der Waals surface area contributed by atoms with Gasteiger partial charge in [-0.1, -0.05) is 27.7 Å². The van der Waals surface area contributed by atoms with E-state index in [1.165, 1.54) is 0 Å². The average Bonchev–Trinajstić information content (AvgIpc) is 2.71. The lowest BCUT2D eigenvalue weighted by Gasteiger charge is -2.29. The molecule has 5 heteroatoms. The van der Waals surface area contributed by atoms with Crippen LogP contribution >= 0.6 is 0 Å². The van der Waals surface area contributed by atoms with Crippen molar-refractivity contribution in [3.8, 4) is 0 Å². The zero-order valence-electron chi connectivity index (χ0n) is 13.5. The zero-order valence-corrected chi connectivity index (χ0v) is 13.5. The van der Waals surface area contributed by atoms with Crippen LogP contribution < -0.4 is 10.6 Å². The van der Waals surface area contributed by atoms with Crippen molar-refractivity contribution < 1.29 is 4.79 Å². The molecule has 0 saturated heterocycles. The van der Waals surface area contributed by atoms with Crippen molar-refractivity contribution in [1.29, 1.82) is 0 Å². The fourth-order valence-electron chi connectivity index (χ4n) is 1.73. The van der Waals surface area contributed by atoms with E-state index in [0.717, 1.165) is 17.8 Å². The summed E-state index contributed by atoms with van der Waals surface area (Å²) in [6.45, 7) is 13.3. The van der Waals surface area contributed by atoms with Crippen LogP contribution in [0.2, 0.25) is 0 Å². The summed E-state index contributed by atoms with van der Waals surface area (Å²) >= 11 is 0. The number of aryl methyl sites for hydroxylation is 1. The Labute approximate surface area is 121 Å². The Bertz CT molecular complexity index is 437. The maximum Gasteiger partial charge on any atom is 0.315 e. The first-order chi connectivity index (χ1) is 9.20. The van der Waals surface area contributed by atoms with Gasteiger partial charge >= 0.3 is 6.03 Å². The lowest BCUT2D eigenvalue weighted by molar-refractivity contribution is 0.213. The van der Waals surface area contributed by atoms with Crippen molar-refractivity contribution in [2.24, 2.45) is 11.3 Å². The van der Waals surface area contributed by atoms with Crippen molar-refractivity contribution in [2.75, 3.05) is 6.54 Å². The van der Waals surface area contributed by atoms with Gasteiger partial charge in [-0.2, -0.15) is 5.10 Å². The fraction of sp³-hybridized carbons (Fsp3) is 0.733. The van der Waals surface area contributed by atoms with Crippen LogP contribution in [0.25, 0.3) is 0 Å². The lowest BCUT2D eigenvalue weighted by Crippen LogP contribution is -2.45. The number of aromatic amines is 1. The number of carbonyl (C=O) groups is 1. The first kappa shape index (κ1) is 16.5. The highest BCUT2D eigenvalue weighted by Crippen LogP contribution is 2.24. The van der Waals surface area contributed by atoms with Crippen molar-refractivity contribution in [3.63, 3.8) is 0 Å². The minimum Gasteiger partial charge on any atom is -0.338 e. The summed E-state index contributed by atoms with van der Waals surface area (Å²) in [7, 11) is 0. The van der Waals surface area contributed by atoms with E-state index >= 15 is 0 Å². The number of hydrogen-bond donors (Lipinski definition) is 3. The Balaban J connectivity index is 2.35.